The third-order valence-corrected chi connectivity index (χ3v) is 2.49. The first-order chi connectivity index (χ1) is 8.15. The number of aliphatic imine (C=N–C) groups is 1. The lowest BCUT2D eigenvalue weighted by molar-refractivity contribution is 0.242. The minimum atomic E-state index is 0.127. The van der Waals surface area contributed by atoms with Crippen molar-refractivity contribution in [3.05, 3.63) is 29.8 Å². The SMILES string of the molecule is CCc1cccc(NC(N)=NCC(C)CO)c1. The predicted octanol–water partition coefficient (Wildman–Crippen LogP) is 1.60. The molecule has 0 aliphatic carbocycles. The second-order valence-electron chi connectivity index (χ2n) is 4.19. The number of hydrogen-bond donors (Lipinski definition) is 3. The smallest absolute Gasteiger partial charge is 0.193 e. The molecule has 4 N–H and O–H groups in total. The molecule has 0 amide bonds. The van der Waals surface area contributed by atoms with E-state index in [-0.39, 0.29) is 12.5 Å². The van der Waals surface area contributed by atoms with Gasteiger partial charge in [-0.2, -0.15) is 0 Å². The Morgan fingerprint density at radius 1 is 1.53 bits per heavy atom. The van der Waals surface area contributed by atoms with Gasteiger partial charge in [-0.3, -0.25) is 4.99 Å². The van der Waals surface area contributed by atoms with E-state index in [1.807, 2.05) is 19.1 Å². The largest absolute Gasteiger partial charge is 0.396 e. The Labute approximate surface area is 103 Å². The van der Waals surface area contributed by atoms with Crippen molar-refractivity contribution in [3.8, 4) is 0 Å². The summed E-state index contributed by atoms with van der Waals surface area (Å²) in [6.07, 6.45) is 0.994. The molecule has 0 fully saturated rings. The predicted molar refractivity (Wildman–Crippen MR) is 72.2 cm³/mol. The number of nitrogens with two attached hydrogens (primary N) is 1. The van der Waals surface area contributed by atoms with Gasteiger partial charge in [0, 0.05) is 18.8 Å². The zero-order valence-electron chi connectivity index (χ0n) is 10.5. The number of nitrogens with zero attached hydrogens (tertiary/aromatic N) is 1. The van der Waals surface area contributed by atoms with E-state index in [0.29, 0.717) is 12.5 Å². The lowest BCUT2D eigenvalue weighted by Crippen LogP contribution is -2.24. The number of benzene rings is 1. The highest BCUT2D eigenvalue weighted by Crippen LogP contribution is 2.10. The van der Waals surface area contributed by atoms with Gasteiger partial charge < -0.3 is 16.2 Å². The van der Waals surface area contributed by atoms with Gasteiger partial charge in [-0.25, -0.2) is 0 Å². The van der Waals surface area contributed by atoms with E-state index in [1.165, 1.54) is 5.56 Å². The van der Waals surface area contributed by atoms with Crippen LogP contribution in [0.25, 0.3) is 0 Å². The zero-order chi connectivity index (χ0) is 12.7. The Balaban J connectivity index is 2.57. The molecule has 1 unspecified atom stereocenters. The number of aliphatic hydroxyl groups excluding tert-OH is 1. The second-order valence-corrected chi connectivity index (χ2v) is 4.19. The molecular weight excluding hydrogens is 214 g/mol. The molecule has 0 heterocycles. The van der Waals surface area contributed by atoms with Gasteiger partial charge in [0.15, 0.2) is 5.96 Å². The highest BCUT2D eigenvalue weighted by atomic mass is 16.3. The van der Waals surface area contributed by atoms with E-state index in [0.717, 1.165) is 12.1 Å². The van der Waals surface area contributed by atoms with Crippen LogP contribution in [0.15, 0.2) is 29.3 Å². The summed E-state index contributed by atoms with van der Waals surface area (Å²) in [5.74, 6) is 0.524. The van der Waals surface area contributed by atoms with Crippen LogP contribution < -0.4 is 11.1 Å². The number of aryl methyl sites for hydroxylation is 1. The maximum atomic E-state index is 8.88. The minimum Gasteiger partial charge on any atom is -0.396 e. The molecule has 1 atom stereocenters. The molecule has 0 radical (unpaired) electrons. The van der Waals surface area contributed by atoms with E-state index < -0.39 is 0 Å². The first-order valence-corrected chi connectivity index (χ1v) is 5.92. The van der Waals surface area contributed by atoms with Crippen LogP contribution in [0.1, 0.15) is 19.4 Å². The van der Waals surface area contributed by atoms with Crippen LogP contribution in [-0.4, -0.2) is 24.2 Å². The van der Waals surface area contributed by atoms with Gasteiger partial charge in [0.2, 0.25) is 0 Å². The summed E-state index contributed by atoms with van der Waals surface area (Å²) in [5.41, 5.74) is 7.96. The molecule has 1 aromatic carbocycles. The van der Waals surface area contributed by atoms with Crippen LogP contribution in [-0.2, 0) is 6.42 Å². The van der Waals surface area contributed by atoms with Crippen molar-refractivity contribution in [2.24, 2.45) is 16.6 Å². The summed E-state index contributed by atoms with van der Waals surface area (Å²) in [6.45, 7) is 4.69. The van der Waals surface area contributed by atoms with Gasteiger partial charge in [-0.1, -0.05) is 26.0 Å². The molecule has 1 aromatic rings. The summed E-state index contributed by atoms with van der Waals surface area (Å²) >= 11 is 0. The van der Waals surface area contributed by atoms with E-state index in [9.17, 15) is 0 Å². The lowest BCUT2D eigenvalue weighted by Gasteiger charge is -2.08. The minimum absolute atomic E-state index is 0.127. The molecule has 4 nitrogen and oxygen atoms in total. The van der Waals surface area contributed by atoms with Crippen LogP contribution >= 0.6 is 0 Å². The maximum absolute atomic E-state index is 8.88. The van der Waals surface area contributed by atoms with Crippen molar-refractivity contribution >= 4 is 11.6 Å². The fourth-order valence-corrected chi connectivity index (χ4v) is 1.37. The Kier molecular flexibility index (Phi) is 5.49. The molecule has 0 aromatic heterocycles. The van der Waals surface area contributed by atoms with Crippen LogP contribution in [0.5, 0.6) is 0 Å². The first kappa shape index (κ1) is 13.5. The molecule has 0 aliphatic rings. The van der Waals surface area contributed by atoms with Gasteiger partial charge in [0.05, 0.1) is 0 Å². The highest BCUT2D eigenvalue weighted by molar-refractivity contribution is 5.92. The number of nitrogens with one attached hydrogen (secondary N) is 1. The van der Waals surface area contributed by atoms with Crippen molar-refractivity contribution in [1.29, 1.82) is 0 Å². The maximum Gasteiger partial charge on any atom is 0.193 e. The Morgan fingerprint density at radius 3 is 2.94 bits per heavy atom. The molecule has 4 heteroatoms. The van der Waals surface area contributed by atoms with Crippen molar-refractivity contribution in [2.45, 2.75) is 20.3 Å². The van der Waals surface area contributed by atoms with Crippen LogP contribution in [0.3, 0.4) is 0 Å². The molecule has 0 saturated heterocycles. The van der Waals surface area contributed by atoms with Gasteiger partial charge >= 0.3 is 0 Å². The van der Waals surface area contributed by atoms with E-state index in [2.05, 4.69) is 29.4 Å². The van der Waals surface area contributed by atoms with Crippen LogP contribution in [0, 0.1) is 5.92 Å². The highest BCUT2D eigenvalue weighted by Gasteiger charge is 1.99. The number of anilines is 1. The third-order valence-electron chi connectivity index (χ3n) is 2.49. The Morgan fingerprint density at radius 2 is 2.29 bits per heavy atom. The van der Waals surface area contributed by atoms with Crippen LogP contribution in [0.2, 0.25) is 0 Å². The van der Waals surface area contributed by atoms with Crippen LogP contribution in [0.4, 0.5) is 5.69 Å². The molecule has 1 rings (SSSR count). The van der Waals surface area contributed by atoms with Crippen molar-refractivity contribution in [1.82, 2.24) is 0 Å². The fraction of sp³-hybridized carbons (Fsp3) is 0.462. The normalized spacial score (nSPS) is 13.5. The molecule has 17 heavy (non-hydrogen) atoms. The summed E-state index contributed by atoms with van der Waals surface area (Å²) in [5, 5.41) is 11.9. The quantitative estimate of drug-likeness (QED) is 0.536. The average Bonchev–Trinajstić information content (AvgIpc) is 2.36. The summed E-state index contributed by atoms with van der Waals surface area (Å²) in [4.78, 5) is 4.17. The summed E-state index contributed by atoms with van der Waals surface area (Å²) in [7, 11) is 0. The monoisotopic (exact) mass is 235 g/mol. The first-order valence-electron chi connectivity index (χ1n) is 5.92. The molecule has 94 valence electrons. The molecule has 0 bridgehead atoms. The molecular formula is C13H21N3O. The van der Waals surface area contributed by atoms with E-state index in [4.69, 9.17) is 10.8 Å². The topological polar surface area (TPSA) is 70.6 Å². The molecule has 0 aliphatic heterocycles. The summed E-state index contributed by atoms with van der Waals surface area (Å²) in [6, 6.07) is 8.08. The number of hydrogen-bond acceptors (Lipinski definition) is 2. The van der Waals surface area contributed by atoms with Gasteiger partial charge in [-0.15, -0.1) is 0 Å². The van der Waals surface area contributed by atoms with Crippen molar-refractivity contribution in [2.75, 3.05) is 18.5 Å². The summed E-state index contributed by atoms with van der Waals surface area (Å²) < 4.78 is 0. The number of rotatable bonds is 5. The van der Waals surface area contributed by atoms with Gasteiger partial charge in [0.1, 0.15) is 0 Å². The van der Waals surface area contributed by atoms with Crippen molar-refractivity contribution < 1.29 is 5.11 Å². The van der Waals surface area contributed by atoms with Crippen molar-refractivity contribution in [3.63, 3.8) is 0 Å². The Bertz CT molecular complexity index is 377. The zero-order valence-corrected chi connectivity index (χ0v) is 10.5. The third kappa shape index (κ3) is 4.87. The van der Waals surface area contributed by atoms with Gasteiger partial charge in [0.25, 0.3) is 0 Å². The fourth-order valence-electron chi connectivity index (χ4n) is 1.37. The van der Waals surface area contributed by atoms with E-state index in [1.54, 1.807) is 0 Å². The number of aliphatic hydroxyl groups is 1. The molecule has 0 spiro atoms. The Hall–Kier alpha value is -1.55. The lowest BCUT2D eigenvalue weighted by atomic mass is 10.1. The standard InChI is InChI=1S/C13H21N3O/c1-3-11-5-4-6-12(7-11)16-13(14)15-8-10(2)9-17/h4-7,10,17H,3,8-9H2,1-2H3,(H3,14,15,16). The molecule has 0 saturated carbocycles. The van der Waals surface area contributed by atoms with E-state index >= 15 is 0 Å². The van der Waals surface area contributed by atoms with Gasteiger partial charge in [-0.05, 0) is 30.0 Å². The number of guanidine groups is 1. The second kappa shape index (κ2) is 6.91. The average molecular weight is 235 g/mol.